The number of benzene rings is 1. The lowest BCUT2D eigenvalue weighted by atomic mass is 9.92. The summed E-state index contributed by atoms with van der Waals surface area (Å²) in [6.07, 6.45) is 3.79. The molecule has 100 valence electrons. The van der Waals surface area contributed by atoms with Gasteiger partial charge in [-0.25, -0.2) is 0 Å². The summed E-state index contributed by atoms with van der Waals surface area (Å²) in [4.78, 5) is 0. The molecule has 1 unspecified atom stereocenters. The Bertz CT molecular complexity index is 651. The quantitative estimate of drug-likeness (QED) is 0.847. The van der Waals surface area contributed by atoms with Crippen LogP contribution in [0, 0.1) is 6.92 Å². The number of rotatable bonds is 1. The van der Waals surface area contributed by atoms with E-state index in [0.717, 1.165) is 6.54 Å². The van der Waals surface area contributed by atoms with Gasteiger partial charge in [-0.3, -0.25) is 0 Å². The van der Waals surface area contributed by atoms with Crippen LogP contribution in [0.1, 0.15) is 35.6 Å². The molecule has 1 atom stereocenters. The predicted octanol–water partition coefficient (Wildman–Crippen LogP) is 3.74. The average Bonchev–Trinajstić information content (AvgIpc) is 3.04. The Morgan fingerprint density at radius 2 is 2.26 bits per heavy atom. The van der Waals surface area contributed by atoms with E-state index < -0.39 is 0 Å². The molecule has 0 bridgehead atoms. The van der Waals surface area contributed by atoms with Gasteiger partial charge in [-0.05, 0) is 71.8 Å². The lowest BCUT2D eigenvalue weighted by Crippen LogP contribution is -2.11. The summed E-state index contributed by atoms with van der Waals surface area (Å²) in [5.41, 5.74) is 5.95. The fourth-order valence-corrected chi connectivity index (χ4v) is 4.28. The zero-order chi connectivity index (χ0) is 13.0. The van der Waals surface area contributed by atoms with E-state index in [9.17, 15) is 0 Å². The van der Waals surface area contributed by atoms with E-state index in [1.807, 2.05) is 0 Å². The molecule has 0 saturated carbocycles. The zero-order valence-corrected chi connectivity index (χ0v) is 12.9. The maximum atomic E-state index is 3.81. The molecule has 1 aromatic carbocycles. The highest BCUT2D eigenvalue weighted by Crippen LogP contribution is 2.38. The average molecular weight is 319 g/mol. The highest BCUT2D eigenvalue weighted by Gasteiger charge is 2.23. The van der Waals surface area contributed by atoms with Crippen LogP contribution >= 0.6 is 15.9 Å². The van der Waals surface area contributed by atoms with E-state index in [-0.39, 0.29) is 0 Å². The minimum Gasteiger partial charge on any atom is -0.343 e. The largest absolute Gasteiger partial charge is 0.343 e. The molecule has 0 radical (unpaired) electrons. The predicted molar refractivity (Wildman–Crippen MR) is 82.9 cm³/mol. The molecule has 2 aliphatic heterocycles. The SMILES string of the molecule is Cc1c(Br)c2cc(C3CCNC3)cc3c2n1CCC3. The number of hydrogen-bond acceptors (Lipinski definition) is 1. The van der Waals surface area contributed by atoms with E-state index in [1.54, 1.807) is 5.56 Å². The molecule has 1 N–H and O–H groups in total. The molecule has 2 nitrogen and oxygen atoms in total. The molecule has 4 rings (SSSR count). The minimum atomic E-state index is 0.707. The number of hydrogen-bond donors (Lipinski definition) is 1. The van der Waals surface area contributed by atoms with Gasteiger partial charge in [-0.1, -0.05) is 6.07 Å². The van der Waals surface area contributed by atoms with E-state index in [2.05, 4.69) is 44.9 Å². The van der Waals surface area contributed by atoms with Crippen LogP contribution in [0.5, 0.6) is 0 Å². The van der Waals surface area contributed by atoms with E-state index in [0.29, 0.717) is 5.92 Å². The van der Waals surface area contributed by atoms with Gasteiger partial charge in [0.05, 0.1) is 5.52 Å². The van der Waals surface area contributed by atoms with Crippen LogP contribution in [0.2, 0.25) is 0 Å². The normalized spacial score (nSPS) is 22.3. The lowest BCUT2D eigenvalue weighted by Gasteiger charge is -2.19. The molecule has 2 aromatic rings. The van der Waals surface area contributed by atoms with Gasteiger partial charge in [0.15, 0.2) is 0 Å². The van der Waals surface area contributed by atoms with Crippen LogP contribution in [-0.4, -0.2) is 17.7 Å². The number of halogens is 1. The highest BCUT2D eigenvalue weighted by molar-refractivity contribution is 9.10. The highest BCUT2D eigenvalue weighted by atomic mass is 79.9. The molecule has 0 spiro atoms. The van der Waals surface area contributed by atoms with Crippen molar-refractivity contribution in [3.05, 3.63) is 33.4 Å². The lowest BCUT2D eigenvalue weighted by molar-refractivity contribution is 0.621. The third-order valence-corrected chi connectivity index (χ3v) is 5.80. The molecule has 2 aliphatic rings. The Hall–Kier alpha value is -0.800. The molecule has 3 heterocycles. The fourth-order valence-electron chi connectivity index (χ4n) is 3.76. The van der Waals surface area contributed by atoms with E-state index in [1.165, 1.54) is 59.0 Å². The summed E-state index contributed by atoms with van der Waals surface area (Å²) in [5, 5.41) is 4.91. The molecular weight excluding hydrogens is 300 g/mol. The number of nitrogens with one attached hydrogen (secondary N) is 1. The molecule has 19 heavy (non-hydrogen) atoms. The zero-order valence-electron chi connectivity index (χ0n) is 11.3. The van der Waals surface area contributed by atoms with Crippen molar-refractivity contribution in [1.82, 2.24) is 9.88 Å². The van der Waals surface area contributed by atoms with Crippen LogP contribution < -0.4 is 5.32 Å². The maximum Gasteiger partial charge on any atom is 0.0526 e. The third-order valence-electron chi connectivity index (χ3n) is 4.80. The van der Waals surface area contributed by atoms with Gasteiger partial charge in [0.1, 0.15) is 0 Å². The summed E-state index contributed by atoms with van der Waals surface area (Å²) in [7, 11) is 0. The Morgan fingerprint density at radius 3 is 3.05 bits per heavy atom. The monoisotopic (exact) mass is 318 g/mol. The summed E-state index contributed by atoms with van der Waals surface area (Å²) in [6.45, 7) is 5.71. The third kappa shape index (κ3) is 1.71. The van der Waals surface area contributed by atoms with Gasteiger partial charge in [0.2, 0.25) is 0 Å². The number of aromatic nitrogens is 1. The summed E-state index contributed by atoms with van der Waals surface area (Å²) in [6, 6.07) is 4.90. The second-order valence-electron chi connectivity index (χ2n) is 5.92. The molecular formula is C16H19BrN2. The summed E-state index contributed by atoms with van der Waals surface area (Å²) < 4.78 is 3.80. The molecule has 0 amide bonds. The first-order chi connectivity index (χ1) is 9.25. The van der Waals surface area contributed by atoms with Crippen LogP contribution in [-0.2, 0) is 13.0 Å². The van der Waals surface area contributed by atoms with Crippen molar-refractivity contribution in [2.45, 2.75) is 38.6 Å². The number of aryl methyl sites for hydroxylation is 2. The van der Waals surface area contributed by atoms with E-state index >= 15 is 0 Å². The Kier molecular flexibility index (Phi) is 2.75. The minimum absolute atomic E-state index is 0.707. The van der Waals surface area contributed by atoms with Crippen molar-refractivity contribution in [2.75, 3.05) is 13.1 Å². The van der Waals surface area contributed by atoms with Crippen LogP contribution in [0.4, 0.5) is 0 Å². The second kappa shape index (κ2) is 4.35. The second-order valence-corrected chi connectivity index (χ2v) is 6.71. The van der Waals surface area contributed by atoms with Crippen LogP contribution in [0.25, 0.3) is 10.9 Å². The van der Waals surface area contributed by atoms with Crippen molar-refractivity contribution in [3.8, 4) is 0 Å². The Morgan fingerprint density at radius 1 is 1.37 bits per heavy atom. The van der Waals surface area contributed by atoms with Gasteiger partial charge < -0.3 is 9.88 Å². The van der Waals surface area contributed by atoms with Crippen molar-refractivity contribution < 1.29 is 0 Å². The number of nitrogens with zero attached hydrogens (tertiary/aromatic N) is 1. The summed E-state index contributed by atoms with van der Waals surface area (Å²) in [5.74, 6) is 0.707. The van der Waals surface area contributed by atoms with Gasteiger partial charge in [-0.2, -0.15) is 0 Å². The van der Waals surface area contributed by atoms with Gasteiger partial charge in [-0.15, -0.1) is 0 Å². The molecule has 1 fully saturated rings. The molecule has 1 aromatic heterocycles. The standard InChI is InChI=1S/C16H19BrN2/c1-10-15(17)14-8-13(12-4-5-18-9-12)7-11-3-2-6-19(10)16(11)14/h7-8,12,18H,2-6,9H2,1H3. The van der Waals surface area contributed by atoms with Crippen molar-refractivity contribution in [2.24, 2.45) is 0 Å². The molecule has 3 heteroatoms. The summed E-state index contributed by atoms with van der Waals surface area (Å²) >= 11 is 3.81. The van der Waals surface area contributed by atoms with Crippen LogP contribution in [0.15, 0.2) is 16.6 Å². The van der Waals surface area contributed by atoms with Gasteiger partial charge >= 0.3 is 0 Å². The van der Waals surface area contributed by atoms with Gasteiger partial charge in [0.25, 0.3) is 0 Å². The smallest absolute Gasteiger partial charge is 0.0526 e. The van der Waals surface area contributed by atoms with Gasteiger partial charge in [0, 0.05) is 28.6 Å². The van der Waals surface area contributed by atoms with Crippen molar-refractivity contribution in [1.29, 1.82) is 0 Å². The Balaban J connectivity index is 1.97. The first-order valence-corrected chi connectivity index (χ1v) is 8.07. The Labute approximate surface area is 122 Å². The van der Waals surface area contributed by atoms with Crippen molar-refractivity contribution in [3.63, 3.8) is 0 Å². The first kappa shape index (κ1) is 12.0. The molecule has 0 aliphatic carbocycles. The van der Waals surface area contributed by atoms with E-state index in [4.69, 9.17) is 0 Å². The molecule has 1 saturated heterocycles. The topological polar surface area (TPSA) is 17.0 Å². The first-order valence-electron chi connectivity index (χ1n) is 7.27. The van der Waals surface area contributed by atoms with Crippen LogP contribution in [0.3, 0.4) is 0 Å². The van der Waals surface area contributed by atoms with Crippen molar-refractivity contribution >= 4 is 26.8 Å². The maximum absolute atomic E-state index is 3.81. The fraction of sp³-hybridized carbons (Fsp3) is 0.500.